The number of benzene rings is 1. The average Bonchev–Trinajstić information content (AvgIpc) is 2.94. The molecule has 1 aromatic carbocycles. The molecular weight excluding hydrogens is 260 g/mol. The molecule has 6 heteroatoms. The van der Waals surface area contributed by atoms with E-state index in [9.17, 15) is 4.79 Å². The first-order chi connectivity index (χ1) is 9.72. The second kappa shape index (κ2) is 6.60. The predicted molar refractivity (Wildman–Crippen MR) is 73.8 cm³/mol. The normalized spacial score (nSPS) is 10.1. The maximum absolute atomic E-state index is 11.0. The van der Waals surface area contributed by atoms with E-state index < -0.39 is 6.09 Å². The van der Waals surface area contributed by atoms with Crippen LogP contribution in [0.5, 0.6) is 5.75 Å². The summed E-state index contributed by atoms with van der Waals surface area (Å²) >= 11 is 0. The van der Waals surface area contributed by atoms with Gasteiger partial charge in [0.05, 0.1) is 13.7 Å². The lowest BCUT2D eigenvalue weighted by Gasteiger charge is -2.04. The van der Waals surface area contributed by atoms with Crippen molar-refractivity contribution < 1.29 is 18.8 Å². The number of aromatic nitrogens is 1. The molecule has 6 nitrogen and oxygen atoms in total. The van der Waals surface area contributed by atoms with Crippen molar-refractivity contribution in [3.05, 3.63) is 30.3 Å². The van der Waals surface area contributed by atoms with Gasteiger partial charge >= 0.3 is 6.09 Å². The molecule has 0 aliphatic carbocycles. The first-order valence-corrected chi connectivity index (χ1v) is 6.28. The van der Waals surface area contributed by atoms with Crippen molar-refractivity contribution >= 4 is 12.0 Å². The van der Waals surface area contributed by atoms with Gasteiger partial charge in [-0.3, -0.25) is 5.32 Å². The number of carbonyl (C=O) groups excluding carboxylic acids is 1. The highest BCUT2D eigenvalue weighted by molar-refractivity contribution is 5.83. The van der Waals surface area contributed by atoms with Crippen LogP contribution in [0.4, 0.5) is 10.7 Å². The Hall–Kier alpha value is -2.50. The van der Waals surface area contributed by atoms with E-state index in [1.165, 1.54) is 7.11 Å². The molecule has 1 amide bonds. The summed E-state index contributed by atoms with van der Waals surface area (Å²) in [5, 5.41) is 6.29. The number of carbonyl (C=O) groups is 1. The summed E-state index contributed by atoms with van der Waals surface area (Å²) < 4.78 is 15.0. The van der Waals surface area contributed by atoms with Crippen molar-refractivity contribution in [1.29, 1.82) is 0 Å². The fraction of sp³-hybridized carbons (Fsp3) is 0.286. The highest BCUT2D eigenvalue weighted by Gasteiger charge is 2.09. The molecule has 1 N–H and O–H groups in total. The molecule has 20 heavy (non-hydrogen) atoms. The van der Waals surface area contributed by atoms with Gasteiger partial charge in [0.1, 0.15) is 11.4 Å². The van der Waals surface area contributed by atoms with Gasteiger partial charge in [-0.2, -0.15) is 0 Å². The molecule has 2 rings (SSSR count). The Balaban J connectivity index is 2.06. The zero-order chi connectivity index (χ0) is 14.4. The maximum Gasteiger partial charge on any atom is 0.413 e. The topological polar surface area (TPSA) is 73.6 Å². The zero-order valence-electron chi connectivity index (χ0n) is 11.4. The van der Waals surface area contributed by atoms with E-state index in [0.29, 0.717) is 12.3 Å². The molecule has 1 aromatic heterocycles. The van der Waals surface area contributed by atoms with Gasteiger partial charge in [-0.1, -0.05) is 12.1 Å². The van der Waals surface area contributed by atoms with Crippen LogP contribution in [0.2, 0.25) is 0 Å². The van der Waals surface area contributed by atoms with Gasteiger partial charge in [-0.25, -0.2) is 4.79 Å². The van der Waals surface area contributed by atoms with Crippen LogP contribution < -0.4 is 10.1 Å². The quantitative estimate of drug-likeness (QED) is 0.906. The average molecular weight is 276 g/mol. The predicted octanol–water partition coefficient (Wildman–Crippen LogP) is 3.31. The summed E-state index contributed by atoms with van der Waals surface area (Å²) in [6.07, 6.45) is 0.365. The van der Waals surface area contributed by atoms with E-state index in [0.717, 1.165) is 17.7 Å². The van der Waals surface area contributed by atoms with Gasteiger partial charge in [0.15, 0.2) is 0 Å². The third kappa shape index (κ3) is 3.50. The molecule has 0 aliphatic heterocycles. The van der Waals surface area contributed by atoms with Crippen LogP contribution >= 0.6 is 0 Å². The molecule has 0 radical (unpaired) electrons. The van der Waals surface area contributed by atoms with Crippen molar-refractivity contribution in [3.8, 4) is 17.0 Å². The Labute approximate surface area is 116 Å². The molecule has 0 bridgehead atoms. The third-order valence-corrected chi connectivity index (χ3v) is 2.54. The number of rotatable bonds is 5. The minimum atomic E-state index is -0.601. The van der Waals surface area contributed by atoms with E-state index in [1.54, 1.807) is 6.07 Å². The summed E-state index contributed by atoms with van der Waals surface area (Å²) in [6, 6.07) is 9.12. The number of ether oxygens (including phenoxy) is 2. The van der Waals surface area contributed by atoms with Gasteiger partial charge < -0.3 is 14.0 Å². The minimum absolute atomic E-state index is 0.234. The number of anilines is 1. The second-order valence-corrected chi connectivity index (χ2v) is 4.07. The molecule has 2 aromatic rings. The highest BCUT2D eigenvalue weighted by Crippen LogP contribution is 2.24. The van der Waals surface area contributed by atoms with E-state index in [-0.39, 0.29) is 5.88 Å². The van der Waals surface area contributed by atoms with Gasteiger partial charge in [-0.15, -0.1) is 0 Å². The van der Waals surface area contributed by atoms with Crippen LogP contribution in [-0.2, 0) is 4.74 Å². The van der Waals surface area contributed by atoms with Crippen molar-refractivity contribution in [2.45, 2.75) is 13.3 Å². The molecule has 0 saturated heterocycles. The number of methoxy groups -OCH3 is 1. The number of nitrogens with one attached hydrogen (secondary N) is 1. The molecule has 106 valence electrons. The van der Waals surface area contributed by atoms with E-state index >= 15 is 0 Å². The first-order valence-electron chi connectivity index (χ1n) is 6.28. The summed E-state index contributed by atoms with van der Waals surface area (Å²) in [5.41, 5.74) is 1.49. The van der Waals surface area contributed by atoms with E-state index in [4.69, 9.17) is 9.26 Å². The summed E-state index contributed by atoms with van der Waals surface area (Å²) in [6.45, 7) is 2.75. The van der Waals surface area contributed by atoms with Crippen molar-refractivity contribution in [3.63, 3.8) is 0 Å². The smallest absolute Gasteiger partial charge is 0.413 e. The molecule has 0 unspecified atom stereocenters. The number of hydrogen-bond acceptors (Lipinski definition) is 5. The lowest BCUT2D eigenvalue weighted by atomic mass is 10.1. The lowest BCUT2D eigenvalue weighted by molar-refractivity contribution is 0.186. The fourth-order valence-electron chi connectivity index (χ4n) is 1.56. The van der Waals surface area contributed by atoms with Crippen LogP contribution in [0.15, 0.2) is 34.9 Å². The minimum Gasteiger partial charge on any atom is -0.494 e. The Bertz CT molecular complexity index is 563. The summed E-state index contributed by atoms with van der Waals surface area (Å²) in [5.74, 6) is 1.05. The van der Waals surface area contributed by atoms with Crippen LogP contribution in [0, 0.1) is 0 Å². The van der Waals surface area contributed by atoms with E-state index in [1.807, 2.05) is 24.3 Å². The fourth-order valence-corrected chi connectivity index (χ4v) is 1.56. The molecule has 0 aliphatic rings. The van der Waals surface area contributed by atoms with Crippen molar-refractivity contribution in [1.82, 2.24) is 5.16 Å². The molecule has 0 spiro atoms. The highest BCUT2D eigenvalue weighted by atomic mass is 16.5. The van der Waals surface area contributed by atoms with Crippen LogP contribution in [0.25, 0.3) is 11.3 Å². The van der Waals surface area contributed by atoms with Crippen molar-refractivity contribution in [2.24, 2.45) is 0 Å². The van der Waals surface area contributed by atoms with Gasteiger partial charge in [0.25, 0.3) is 0 Å². The van der Waals surface area contributed by atoms with Crippen molar-refractivity contribution in [2.75, 3.05) is 19.0 Å². The monoisotopic (exact) mass is 276 g/mol. The Morgan fingerprint density at radius 3 is 2.75 bits per heavy atom. The van der Waals surface area contributed by atoms with Gasteiger partial charge in [0, 0.05) is 11.6 Å². The zero-order valence-corrected chi connectivity index (χ0v) is 11.4. The number of amides is 1. The number of nitrogens with zero attached hydrogens (tertiary/aromatic N) is 1. The lowest BCUT2D eigenvalue weighted by Crippen LogP contribution is -2.09. The Morgan fingerprint density at radius 1 is 1.35 bits per heavy atom. The maximum atomic E-state index is 11.0. The molecule has 0 atom stereocenters. The standard InChI is InChI=1S/C14H16N2O4/c1-3-8-19-11-6-4-10(5-7-11)12-9-13(20-16-12)15-14(17)18-2/h4-7,9H,3,8H2,1-2H3,(H,15,17). The summed E-state index contributed by atoms with van der Waals surface area (Å²) in [4.78, 5) is 11.0. The van der Waals surface area contributed by atoms with Gasteiger partial charge in [-0.05, 0) is 30.7 Å². The van der Waals surface area contributed by atoms with Crippen LogP contribution in [-0.4, -0.2) is 25.0 Å². The number of hydrogen-bond donors (Lipinski definition) is 1. The van der Waals surface area contributed by atoms with Crippen LogP contribution in [0.1, 0.15) is 13.3 Å². The second-order valence-electron chi connectivity index (χ2n) is 4.07. The largest absolute Gasteiger partial charge is 0.494 e. The van der Waals surface area contributed by atoms with E-state index in [2.05, 4.69) is 22.1 Å². The third-order valence-electron chi connectivity index (χ3n) is 2.54. The molecule has 0 saturated carbocycles. The molecular formula is C14H16N2O4. The Kier molecular flexibility index (Phi) is 4.60. The molecule has 0 fully saturated rings. The first kappa shape index (κ1) is 13.9. The van der Waals surface area contributed by atoms with Crippen LogP contribution in [0.3, 0.4) is 0 Å². The Morgan fingerprint density at radius 2 is 2.10 bits per heavy atom. The van der Waals surface area contributed by atoms with Gasteiger partial charge in [0.2, 0.25) is 5.88 Å². The SMILES string of the molecule is CCCOc1ccc(-c2cc(NC(=O)OC)on2)cc1. The summed E-state index contributed by atoms with van der Waals surface area (Å²) in [7, 11) is 1.28. The molecule has 1 heterocycles.